The van der Waals surface area contributed by atoms with Gasteiger partial charge >= 0.3 is 0 Å². The van der Waals surface area contributed by atoms with Gasteiger partial charge in [0.2, 0.25) is 10.0 Å². The maximum absolute atomic E-state index is 14.4. The Kier molecular flexibility index (Phi) is 7.04. The molecule has 186 valence electrons. The van der Waals surface area contributed by atoms with Crippen molar-refractivity contribution in [1.29, 1.82) is 0 Å². The standard InChI is InChI=1S/C25H20F2N2O5S2/c1-3-36(32,33)28-17-5-7-23(34-24-6-4-16(26)8-22(24)27)19(9-17)20-11-29(2)25(31)10-18(20)21-14-35-13-15(21)12-30/h4-14,28H,3H2,1-2H3. The van der Waals surface area contributed by atoms with Gasteiger partial charge in [-0.2, -0.15) is 11.3 Å². The van der Waals surface area contributed by atoms with Gasteiger partial charge in [0, 0.05) is 58.7 Å². The Hall–Kier alpha value is -3.83. The van der Waals surface area contributed by atoms with E-state index in [1.807, 2.05) is 0 Å². The molecular formula is C25H20F2N2O5S2. The van der Waals surface area contributed by atoms with E-state index < -0.39 is 21.7 Å². The third kappa shape index (κ3) is 5.21. The number of nitrogens with one attached hydrogen (secondary N) is 1. The molecule has 0 bridgehead atoms. The van der Waals surface area contributed by atoms with Gasteiger partial charge in [-0.3, -0.25) is 14.3 Å². The number of aromatic nitrogens is 1. The highest BCUT2D eigenvalue weighted by Gasteiger charge is 2.20. The van der Waals surface area contributed by atoms with Crippen LogP contribution in [0.3, 0.4) is 0 Å². The maximum atomic E-state index is 14.4. The highest BCUT2D eigenvalue weighted by atomic mass is 32.2. The average Bonchev–Trinajstić information content (AvgIpc) is 3.32. The average molecular weight is 531 g/mol. The Morgan fingerprint density at radius 1 is 1.00 bits per heavy atom. The van der Waals surface area contributed by atoms with Crippen molar-refractivity contribution >= 4 is 33.3 Å². The van der Waals surface area contributed by atoms with Gasteiger partial charge in [-0.15, -0.1) is 0 Å². The summed E-state index contributed by atoms with van der Waals surface area (Å²) in [5, 5.41) is 3.35. The summed E-state index contributed by atoms with van der Waals surface area (Å²) in [5.74, 6) is -2.01. The van der Waals surface area contributed by atoms with Gasteiger partial charge < -0.3 is 9.30 Å². The number of aryl methyl sites for hydroxylation is 1. The van der Waals surface area contributed by atoms with E-state index in [0.29, 0.717) is 40.2 Å². The second kappa shape index (κ2) is 10.0. The van der Waals surface area contributed by atoms with E-state index in [-0.39, 0.29) is 28.5 Å². The Labute approximate surface area is 209 Å². The molecule has 0 unspecified atom stereocenters. The zero-order valence-electron chi connectivity index (χ0n) is 19.1. The first-order valence-electron chi connectivity index (χ1n) is 10.6. The van der Waals surface area contributed by atoms with E-state index in [4.69, 9.17) is 4.74 Å². The summed E-state index contributed by atoms with van der Waals surface area (Å²) < 4.78 is 61.8. The van der Waals surface area contributed by atoms with Crippen molar-refractivity contribution in [2.45, 2.75) is 6.92 Å². The number of carbonyl (C=O) groups excluding carboxylic acids is 1. The number of carbonyl (C=O) groups is 1. The SMILES string of the molecule is CCS(=O)(=O)Nc1ccc(Oc2ccc(F)cc2F)c(-c2cn(C)c(=O)cc2-c2cscc2C=O)c1. The second-order valence-corrected chi connectivity index (χ2v) is 10.6. The van der Waals surface area contributed by atoms with Gasteiger partial charge in [-0.05, 0) is 48.2 Å². The van der Waals surface area contributed by atoms with Crippen molar-refractivity contribution < 1.29 is 26.7 Å². The molecule has 0 saturated heterocycles. The van der Waals surface area contributed by atoms with Crippen LogP contribution in [-0.4, -0.2) is 25.0 Å². The summed E-state index contributed by atoms with van der Waals surface area (Å²) in [6, 6.07) is 8.58. The Bertz CT molecular complexity index is 1630. The summed E-state index contributed by atoms with van der Waals surface area (Å²) in [6.45, 7) is 1.49. The minimum atomic E-state index is -3.63. The van der Waals surface area contributed by atoms with E-state index in [9.17, 15) is 26.8 Å². The third-order valence-corrected chi connectivity index (χ3v) is 7.44. The Balaban J connectivity index is 1.97. The molecule has 0 fully saturated rings. The zero-order valence-corrected chi connectivity index (χ0v) is 20.8. The molecule has 0 amide bonds. The number of halogens is 2. The lowest BCUT2D eigenvalue weighted by Crippen LogP contribution is -2.16. The molecule has 0 atom stereocenters. The Morgan fingerprint density at radius 3 is 2.44 bits per heavy atom. The first kappa shape index (κ1) is 25.3. The molecule has 0 aliphatic heterocycles. The van der Waals surface area contributed by atoms with Crippen molar-refractivity contribution in [3.63, 3.8) is 0 Å². The smallest absolute Gasteiger partial charge is 0.250 e. The van der Waals surface area contributed by atoms with E-state index in [1.165, 1.54) is 60.3 Å². The molecule has 2 aromatic heterocycles. The summed E-state index contributed by atoms with van der Waals surface area (Å²) in [5.41, 5.74) is 1.87. The second-order valence-electron chi connectivity index (χ2n) is 7.80. The van der Waals surface area contributed by atoms with Crippen LogP contribution in [0.15, 0.2) is 64.2 Å². The fraction of sp³-hybridized carbons (Fsp3) is 0.120. The first-order chi connectivity index (χ1) is 17.1. The Morgan fingerprint density at radius 2 is 1.75 bits per heavy atom. The highest BCUT2D eigenvalue weighted by Crippen LogP contribution is 2.41. The number of anilines is 1. The van der Waals surface area contributed by atoms with Crippen LogP contribution in [0.4, 0.5) is 14.5 Å². The molecule has 4 aromatic rings. The molecule has 0 radical (unpaired) electrons. The monoisotopic (exact) mass is 530 g/mol. The van der Waals surface area contributed by atoms with Crippen LogP contribution in [0, 0.1) is 11.6 Å². The number of benzene rings is 2. The summed E-state index contributed by atoms with van der Waals surface area (Å²) in [7, 11) is -2.09. The normalized spacial score (nSPS) is 11.3. The van der Waals surface area contributed by atoms with Crippen molar-refractivity contribution in [3.8, 4) is 33.8 Å². The predicted octanol–water partition coefficient (Wildman–Crippen LogP) is 5.43. The number of aldehydes is 1. The van der Waals surface area contributed by atoms with Crippen LogP contribution in [0.25, 0.3) is 22.3 Å². The van der Waals surface area contributed by atoms with Gasteiger partial charge in [-0.1, -0.05) is 0 Å². The van der Waals surface area contributed by atoms with Gasteiger partial charge in [-0.25, -0.2) is 17.2 Å². The lowest BCUT2D eigenvalue weighted by Gasteiger charge is -2.18. The summed E-state index contributed by atoms with van der Waals surface area (Å²) in [4.78, 5) is 24.2. The largest absolute Gasteiger partial charge is 0.454 e. The summed E-state index contributed by atoms with van der Waals surface area (Å²) >= 11 is 1.28. The number of ether oxygens (including phenoxy) is 1. The van der Waals surface area contributed by atoms with Crippen LogP contribution in [0.1, 0.15) is 17.3 Å². The van der Waals surface area contributed by atoms with E-state index in [1.54, 1.807) is 10.8 Å². The van der Waals surface area contributed by atoms with Crippen LogP contribution in [0.2, 0.25) is 0 Å². The fourth-order valence-electron chi connectivity index (χ4n) is 3.51. The van der Waals surface area contributed by atoms with Gasteiger partial charge in [0.15, 0.2) is 17.9 Å². The number of sulfonamides is 1. The van der Waals surface area contributed by atoms with Crippen molar-refractivity contribution in [1.82, 2.24) is 4.57 Å². The van der Waals surface area contributed by atoms with Crippen molar-refractivity contribution in [3.05, 3.63) is 87.0 Å². The van der Waals surface area contributed by atoms with E-state index in [0.717, 1.165) is 12.1 Å². The molecule has 2 aromatic carbocycles. The highest BCUT2D eigenvalue weighted by molar-refractivity contribution is 7.92. The van der Waals surface area contributed by atoms with Gasteiger partial charge in [0.05, 0.1) is 5.75 Å². The quantitative estimate of drug-likeness (QED) is 0.307. The predicted molar refractivity (Wildman–Crippen MR) is 135 cm³/mol. The van der Waals surface area contributed by atoms with Gasteiger partial charge in [0.1, 0.15) is 11.6 Å². The number of pyridine rings is 1. The molecule has 7 nitrogen and oxygen atoms in total. The van der Waals surface area contributed by atoms with Crippen LogP contribution < -0.4 is 15.0 Å². The molecule has 0 spiro atoms. The van der Waals surface area contributed by atoms with Crippen LogP contribution >= 0.6 is 11.3 Å². The van der Waals surface area contributed by atoms with E-state index >= 15 is 0 Å². The molecule has 11 heteroatoms. The zero-order chi connectivity index (χ0) is 26.0. The molecule has 1 N–H and O–H groups in total. The number of hydrogen-bond donors (Lipinski definition) is 1. The number of thiophene rings is 1. The molecule has 36 heavy (non-hydrogen) atoms. The molecule has 0 saturated carbocycles. The van der Waals surface area contributed by atoms with Crippen LogP contribution in [-0.2, 0) is 17.1 Å². The maximum Gasteiger partial charge on any atom is 0.250 e. The molecule has 2 heterocycles. The minimum absolute atomic E-state index is 0.114. The van der Waals surface area contributed by atoms with E-state index in [2.05, 4.69) is 4.72 Å². The minimum Gasteiger partial charge on any atom is -0.454 e. The fourth-order valence-corrected chi connectivity index (χ4v) is 4.93. The van der Waals surface area contributed by atoms with Gasteiger partial charge in [0.25, 0.3) is 5.56 Å². The summed E-state index contributed by atoms with van der Waals surface area (Å²) in [6.07, 6.45) is 2.19. The van der Waals surface area contributed by atoms with Crippen molar-refractivity contribution in [2.75, 3.05) is 10.5 Å². The lowest BCUT2D eigenvalue weighted by molar-refractivity contribution is 0.112. The molecule has 0 aliphatic carbocycles. The molecule has 0 aliphatic rings. The first-order valence-corrected chi connectivity index (χ1v) is 13.2. The lowest BCUT2D eigenvalue weighted by atomic mass is 9.95. The molecular weight excluding hydrogens is 510 g/mol. The van der Waals surface area contributed by atoms with Crippen molar-refractivity contribution in [2.24, 2.45) is 7.05 Å². The number of rotatable bonds is 8. The topological polar surface area (TPSA) is 94.5 Å². The van der Waals surface area contributed by atoms with Crippen LogP contribution in [0.5, 0.6) is 11.5 Å². The third-order valence-electron chi connectivity index (χ3n) is 5.37. The number of hydrogen-bond acceptors (Lipinski definition) is 6. The molecule has 4 rings (SSSR count). The number of nitrogens with zero attached hydrogens (tertiary/aromatic N) is 1.